The zero-order chi connectivity index (χ0) is 14.0. The number of benzene rings is 1. The predicted octanol–water partition coefficient (Wildman–Crippen LogP) is 3.97. The molecular formula is C14H16F2O2S. The molecule has 1 aromatic rings. The van der Waals surface area contributed by atoms with Gasteiger partial charge < -0.3 is 5.11 Å². The summed E-state index contributed by atoms with van der Waals surface area (Å²) in [6.45, 7) is 0. The van der Waals surface area contributed by atoms with Crippen LogP contribution in [0.5, 0.6) is 0 Å². The van der Waals surface area contributed by atoms with E-state index in [1.165, 1.54) is 12.1 Å². The van der Waals surface area contributed by atoms with E-state index in [1.807, 2.05) is 0 Å². The lowest BCUT2D eigenvalue weighted by Gasteiger charge is -2.34. The van der Waals surface area contributed by atoms with Crippen LogP contribution < -0.4 is 0 Å². The lowest BCUT2D eigenvalue weighted by atomic mass is 9.69. The molecule has 1 N–H and O–H groups in total. The van der Waals surface area contributed by atoms with Crippen LogP contribution in [0.1, 0.15) is 37.7 Å². The maximum Gasteiger partial charge on any atom is 0.314 e. The molecule has 5 heteroatoms. The van der Waals surface area contributed by atoms with Gasteiger partial charge in [-0.25, -0.2) is 8.78 Å². The average molecular weight is 286 g/mol. The summed E-state index contributed by atoms with van der Waals surface area (Å²) in [4.78, 5) is 11.8. The van der Waals surface area contributed by atoms with Gasteiger partial charge in [0.05, 0.1) is 5.41 Å². The summed E-state index contributed by atoms with van der Waals surface area (Å²) in [6.07, 6.45) is 4.82. The minimum atomic E-state index is -1.26. The number of carboxylic acid groups (broad SMARTS) is 1. The van der Waals surface area contributed by atoms with Gasteiger partial charge in [0.15, 0.2) is 11.6 Å². The highest BCUT2D eigenvalue weighted by Gasteiger charge is 2.43. The van der Waals surface area contributed by atoms with Crippen molar-refractivity contribution in [2.45, 2.75) is 42.4 Å². The summed E-state index contributed by atoms with van der Waals surface area (Å²) in [5.41, 5.74) is -1.27. The summed E-state index contributed by atoms with van der Waals surface area (Å²) in [7, 11) is 0. The first-order chi connectivity index (χ1) is 9.03. The summed E-state index contributed by atoms with van der Waals surface area (Å²) in [5, 5.41) is 9.49. The van der Waals surface area contributed by atoms with Gasteiger partial charge in [-0.3, -0.25) is 4.79 Å². The van der Waals surface area contributed by atoms with Crippen LogP contribution in [0.25, 0.3) is 0 Å². The van der Waals surface area contributed by atoms with E-state index in [-0.39, 0.29) is 10.5 Å². The number of rotatable bonds is 3. The quantitative estimate of drug-likeness (QED) is 0.854. The molecular weight excluding hydrogens is 270 g/mol. The summed E-state index contributed by atoms with van der Waals surface area (Å²) < 4.78 is 28.0. The normalized spacial score (nSPS) is 18.3. The van der Waals surface area contributed by atoms with E-state index < -0.39 is 23.0 Å². The van der Waals surface area contributed by atoms with Gasteiger partial charge in [0.2, 0.25) is 0 Å². The molecule has 0 atom stereocenters. The Bertz CT molecular complexity index is 496. The number of carbonyl (C=O) groups is 1. The minimum absolute atomic E-state index is 0.00463. The third-order valence-corrected chi connectivity index (χ3v) is 4.65. The fourth-order valence-corrected chi connectivity index (χ4v) is 3.29. The Morgan fingerprint density at radius 2 is 1.84 bits per heavy atom. The van der Waals surface area contributed by atoms with Crippen LogP contribution in [-0.2, 0) is 10.2 Å². The van der Waals surface area contributed by atoms with Crippen molar-refractivity contribution in [3.63, 3.8) is 0 Å². The highest BCUT2D eigenvalue weighted by molar-refractivity contribution is 7.98. The third-order valence-electron chi connectivity index (χ3n) is 3.90. The van der Waals surface area contributed by atoms with E-state index in [0.717, 1.165) is 31.0 Å². The Hall–Kier alpha value is -1.10. The zero-order valence-electron chi connectivity index (χ0n) is 10.7. The summed E-state index contributed by atoms with van der Waals surface area (Å²) >= 11 is 1.11. The van der Waals surface area contributed by atoms with Gasteiger partial charge in [-0.2, -0.15) is 0 Å². The van der Waals surface area contributed by atoms with E-state index in [9.17, 15) is 18.7 Å². The van der Waals surface area contributed by atoms with Crippen LogP contribution in [0.2, 0.25) is 0 Å². The number of halogens is 2. The van der Waals surface area contributed by atoms with Crippen LogP contribution in [0.3, 0.4) is 0 Å². The van der Waals surface area contributed by atoms with Crippen LogP contribution in [0.4, 0.5) is 8.78 Å². The molecule has 104 valence electrons. The molecule has 1 aliphatic rings. The topological polar surface area (TPSA) is 37.3 Å². The van der Waals surface area contributed by atoms with Gasteiger partial charge in [0.1, 0.15) is 0 Å². The molecule has 1 aliphatic carbocycles. The molecule has 1 saturated carbocycles. The van der Waals surface area contributed by atoms with Gasteiger partial charge in [-0.1, -0.05) is 25.3 Å². The van der Waals surface area contributed by atoms with Crippen LogP contribution >= 0.6 is 11.8 Å². The Morgan fingerprint density at radius 3 is 2.37 bits per heavy atom. The van der Waals surface area contributed by atoms with Crippen LogP contribution in [-0.4, -0.2) is 17.3 Å². The van der Waals surface area contributed by atoms with Gasteiger partial charge >= 0.3 is 5.97 Å². The summed E-state index contributed by atoms with van der Waals surface area (Å²) in [6, 6.07) is 2.90. The summed E-state index contributed by atoms with van der Waals surface area (Å²) in [5.74, 6) is -2.99. The molecule has 0 saturated heterocycles. The van der Waals surface area contributed by atoms with E-state index in [4.69, 9.17) is 0 Å². The van der Waals surface area contributed by atoms with Crippen molar-refractivity contribution < 1.29 is 18.7 Å². The molecule has 1 fully saturated rings. The first-order valence-electron chi connectivity index (χ1n) is 6.29. The van der Waals surface area contributed by atoms with E-state index in [0.29, 0.717) is 12.8 Å². The first kappa shape index (κ1) is 14.3. The average Bonchev–Trinajstić information content (AvgIpc) is 2.42. The Kier molecular flexibility index (Phi) is 4.13. The van der Waals surface area contributed by atoms with Crippen molar-refractivity contribution in [3.8, 4) is 0 Å². The lowest BCUT2D eigenvalue weighted by molar-refractivity contribution is -0.145. The number of carboxylic acids is 1. The SMILES string of the molecule is CSc1ccc(C2(C(=O)O)CCCCC2)c(F)c1F. The molecule has 0 heterocycles. The lowest BCUT2D eigenvalue weighted by Crippen LogP contribution is -2.38. The number of hydrogen-bond acceptors (Lipinski definition) is 2. The molecule has 0 unspecified atom stereocenters. The Morgan fingerprint density at radius 1 is 1.21 bits per heavy atom. The number of aliphatic carboxylic acids is 1. The monoisotopic (exact) mass is 286 g/mol. The molecule has 19 heavy (non-hydrogen) atoms. The van der Waals surface area contributed by atoms with Crippen molar-refractivity contribution in [3.05, 3.63) is 29.3 Å². The molecule has 0 bridgehead atoms. The predicted molar refractivity (Wildman–Crippen MR) is 70.5 cm³/mol. The van der Waals surface area contributed by atoms with Gasteiger partial charge in [0.25, 0.3) is 0 Å². The maximum atomic E-state index is 14.2. The first-order valence-corrected chi connectivity index (χ1v) is 7.51. The second-order valence-electron chi connectivity index (χ2n) is 4.89. The third kappa shape index (κ3) is 2.36. The van der Waals surface area contributed by atoms with E-state index in [1.54, 1.807) is 6.26 Å². The largest absolute Gasteiger partial charge is 0.481 e. The van der Waals surface area contributed by atoms with E-state index >= 15 is 0 Å². The number of thioether (sulfide) groups is 1. The second kappa shape index (κ2) is 5.49. The maximum absolute atomic E-state index is 14.2. The van der Waals surface area contributed by atoms with Gasteiger partial charge in [-0.15, -0.1) is 11.8 Å². The minimum Gasteiger partial charge on any atom is -0.481 e. The second-order valence-corrected chi connectivity index (χ2v) is 5.74. The molecule has 0 amide bonds. The highest BCUT2D eigenvalue weighted by Crippen LogP contribution is 2.42. The van der Waals surface area contributed by atoms with Gasteiger partial charge in [0, 0.05) is 10.5 Å². The van der Waals surface area contributed by atoms with Crippen molar-refractivity contribution in [2.24, 2.45) is 0 Å². The van der Waals surface area contributed by atoms with Crippen molar-refractivity contribution in [1.29, 1.82) is 0 Å². The van der Waals surface area contributed by atoms with Crippen molar-refractivity contribution in [1.82, 2.24) is 0 Å². The van der Waals surface area contributed by atoms with Crippen LogP contribution in [0.15, 0.2) is 17.0 Å². The molecule has 0 spiro atoms. The molecule has 0 radical (unpaired) electrons. The Balaban J connectivity index is 2.54. The fourth-order valence-electron chi connectivity index (χ4n) is 2.81. The van der Waals surface area contributed by atoms with Crippen molar-refractivity contribution >= 4 is 17.7 Å². The van der Waals surface area contributed by atoms with Gasteiger partial charge in [-0.05, 0) is 25.2 Å². The molecule has 0 aromatic heterocycles. The van der Waals surface area contributed by atoms with Crippen molar-refractivity contribution in [2.75, 3.05) is 6.26 Å². The molecule has 2 nitrogen and oxygen atoms in total. The fraction of sp³-hybridized carbons (Fsp3) is 0.500. The zero-order valence-corrected chi connectivity index (χ0v) is 11.5. The number of hydrogen-bond donors (Lipinski definition) is 1. The molecule has 1 aromatic carbocycles. The smallest absolute Gasteiger partial charge is 0.314 e. The standard InChI is InChI=1S/C14H16F2O2S/c1-19-10-6-5-9(11(15)12(10)16)14(13(17)18)7-3-2-4-8-14/h5-6H,2-4,7-8H2,1H3,(H,17,18). The van der Waals surface area contributed by atoms with Crippen LogP contribution in [0, 0.1) is 11.6 Å². The molecule has 0 aliphatic heterocycles. The molecule has 2 rings (SSSR count). The van der Waals surface area contributed by atoms with E-state index in [2.05, 4.69) is 0 Å². The Labute approximate surface area is 115 Å². The highest BCUT2D eigenvalue weighted by atomic mass is 32.2.